The van der Waals surface area contributed by atoms with E-state index in [1.54, 1.807) is 4.90 Å². The maximum Gasteiger partial charge on any atom is 0.328 e. The Bertz CT molecular complexity index is 913. The lowest BCUT2D eigenvalue weighted by molar-refractivity contribution is -0.130. The maximum absolute atomic E-state index is 13.1. The molecule has 10 heteroatoms. The van der Waals surface area contributed by atoms with Gasteiger partial charge in [0.25, 0.3) is 11.8 Å². The normalized spacial score (nSPS) is 22.0. The van der Waals surface area contributed by atoms with Crippen molar-refractivity contribution in [1.29, 1.82) is 0 Å². The van der Waals surface area contributed by atoms with Crippen molar-refractivity contribution < 1.29 is 14.4 Å². The fourth-order valence-electron chi connectivity index (χ4n) is 3.80. The van der Waals surface area contributed by atoms with Crippen molar-refractivity contribution in [3.63, 3.8) is 0 Å². The van der Waals surface area contributed by atoms with Crippen LogP contribution < -0.4 is 14.9 Å². The van der Waals surface area contributed by atoms with Crippen LogP contribution in [-0.4, -0.2) is 66.4 Å². The van der Waals surface area contributed by atoms with Crippen molar-refractivity contribution in [1.82, 2.24) is 19.8 Å². The number of piperazine rings is 1. The van der Waals surface area contributed by atoms with Crippen LogP contribution in [0.25, 0.3) is 0 Å². The van der Waals surface area contributed by atoms with Crippen molar-refractivity contribution in [3.05, 3.63) is 39.9 Å². The molecule has 1 aromatic carbocycles. The van der Waals surface area contributed by atoms with Gasteiger partial charge in [-0.2, -0.15) is 0 Å². The summed E-state index contributed by atoms with van der Waals surface area (Å²) >= 11 is 7.41. The lowest BCUT2D eigenvalue weighted by atomic mass is 10.1. The molecule has 160 valence electrons. The number of fused-ring (bicyclic) bond motifs is 1. The predicted molar refractivity (Wildman–Crippen MR) is 117 cm³/mol. The van der Waals surface area contributed by atoms with E-state index in [4.69, 9.17) is 11.6 Å². The number of rotatable bonds is 4. The van der Waals surface area contributed by atoms with Gasteiger partial charge in [-0.15, -0.1) is 0 Å². The lowest BCUT2D eigenvalue weighted by Crippen LogP contribution is -2.58. The Hall–Kier alpha value is -2.23. The van der Waals surface area contributed by atoms with Gasteiger partial charge >= 0.3 is 6.03 Å². The monoisotopic (exact) mass is 449 g/mol. The second-order valence-electron chi connectivity index (χ2n) is 7.90. The maximum atomic E-state index is 13.1. The van der Waals surface area contributed by atoms with Crippen LogP contribution in [0.15, 0.2) is 34.9 Å². The molecular formula is C20H24ClN5O3S. The highest BCUT2D eigenvalue weighted by atomic mass is 35.5. The highest BCUT2D eigenvalue weighted by Gasteiger charge is 2.45. The van der Waals surface area contributed by atoms with Gasteiger partial charge in [0.2, 0.25) is 0 Å². The van der Waals surface area contributed by atoms with E-state index in [-0.39, 0.29) is 17.7 Å². The summed E-state index contributed by atoms with van der Waals surface area (Å²) in [4.78, 5) is 43.8. The third kappa shape index (κ3) is 3.89. The van der Waals surface area contributed by atoms with Gasteiger partial charge < -0.3 is 15.1 Å². The third-order valence-corrected chi connectivity index (χ3v) is 6.59. The zero-order valence-corrected chi connectivity index (χ0v) is 18.4. The first-order chi connectivity index (χ1) is 14.4. The lowest BCUT2D eigenvalue weighted by Gasteiger charge is -2.36. The minimum atomic E-state index is -0.699. The van der Waals surface area contributed by atoms with E-state index in [1.807, 2.05) is 38.1 Å². The van der Waals surface area contributed by atoms with Crippen LogP contribution in [0.2, 0.25) is 5.02 Å². The Morgan fingerprint density at radius 1 is 1.20 bits per heavy atom. The SMILES string of the molecule is CC(C)CN1C(=O)NC2=C(C(=O)N3CCN(c4ccccc4Cl)CC3)SNC2C1=O. The van der Waals surface area contributed by atoms with Crippen molar-refractivity contribution in [3.8, 4) is 0 Å². The Morgan fingerprint density at radius 2 is 1.90 bits per heavy atom. The van der Waals surface area contributed by atoms with Crippen LogP contribution in [0.5, 0.6) is 0 Å². The summed E-state index contributed by atoms with van der Waals surface area (Å²) in [5.74, 6) is -0.328. The van der Waals surface area contributed by atoms with Crippen molar-refractivity contribution in [2.75, 3.05) is 37.6 Å². The van der Waals surface area contributed by atoms with E-state index in [0.717, 1.165) is 17.6 Å². The Balaban J connectivity index is 1.45. The van der Waals surface area contributed by atoms with Crippen molar-refractivity contribution in [2.24, 2.45) is 5.92 Å². The summed E-state index contributed by atoms with van der Waals surface area (Å²) in [5.41, 5.74) is 1.33. The minimum absolute atomic E-state index is 0.162. The summed E-state index contributed by atoms with van der Waals surface area (Å²) in [6, 6.07) is 6.48. The number of carbonyl (C=O) groups is 3. The number of urea groups is 1. The van der Waals surface area contributed by atoms with Gasteiger partial charge in [-0.1, -0.05) is 37.6 Å². The average Bonchev–Trinajstić information content (AvgIpc) is 3.15. The highest BCUT2D eigenvalue weighted by molar-refractivity contribution is 8.02. The van der Waals surface area contributed by atoms with Crippen LogP contribution in [-0.2, 0) is 9.59 Å². The molecule has 2 N–H and O–H groups in total. The number of carbonyl (C=O) groups excluding carboxylic acids is 3. The molecule has 0 spiro atoms. The molecule has 4 rings (SSSR count). The van der Waals surface area contributed by atoms with Gasteiger partial charge in [-0.25, -0.2) is 9.52 Å². The summed E-state index contributed by atoms with van der Waals surface area (Å²) in [6.07, 6.45) is 0. The molecule has 0 aromatic heterocycles. The minimum Gasteiger partial charge on any atom is -0.367 e. The molecule has 0 bridgehead atoms. The molecule has 3 heterocycles. The molecule has 4 amide bonds. The third-order valence-electron chi connectivity index (χ3n) is 5.31. The molecule has 8 nitrogen and oxygen atoms in total. The molecule has 3 aliphatic heterocycles. The first kappa shape index (κ1) is 21.0. The smallest absolute Gasteiger partial charge is 0.328 e. The Labute approximate surface area is 184 Å². The number of benzene rings is 1. The topological polar surface area (TPSA) is 85.0 Å². The standard InChI is InChI=1S/C20H24ClN5O3S/c1-12(2)11-26-18(27)16-15(22-20(26)29)17(30-23-16)19(28)25-9-7-24(8-10-25)14-6-4-3-5-13(14)21/h3-6,12,16,23H,7-11H2,1-2H3,(H,22,29). The summed E-state index contributed by atoms with van der Waals surface area (Å²) < 4.78 is 3.01. The van der Waals surface area contributed by atoms with Gasteiger partial charge in [0.05, 0.1) is 16.4 Å². The summed E-state index contributed by atoms with van der Waals surface area (Å²) in [5, 5.41) is 3.45. The number of para-hydroxylation sites is 1. The Morgan fingerprint density at radius 3 is 2.57 bits per heavy atom. The fourth-order valence-corrected chi connectivity index (χ4v) is 5.01. The number of anilines is 1. The largest absolute Gasteiger partial charge is 0.367 e. The highest BCUT2D eigenvalue weighted by Crippen LogP contribution is 2.33. The van der Waals surface area contributed by atoms with Gasteiger partial charge in [-0.05, 0) is 30.0 Å². The van der Waals surface area contributed by atoms with Crippen LogP contribution in [0.3, 0.4) is 0 Å². The number of imide groups is 1. The molecule has 3 aliphatic rings. The first-order valence-corrected chi connectivity index (χ1v) is 11.1. The van der Waals surface area contributed by atoms with Crippen molar-refractivity contribution >= 4 is 47.1 Å². The summed E-state index contributed by atoms with van der Waals surface area (Å²) in [6.45, 7) is 6.62. The zero-order valence-electron chi connectivity index (χ0n) is 16.9. The molecule has 30 heavy (non-hydrogen) atoms. The number of nitrogens with zero attached hydrogens (tertiary/aromatic N) is 3. The average molecular weight is 450 g/mol. The van der Waals surface area contributed by atoms with E-state index in [1.165, 1.54) is 4.90 Å². The van der Waals surface area contributed by atoms with E-state index in [2.05, 4.69) is 14.9 Å². The molecular weight excluding hydrogens is 426 g/mol. The van der Waals surface area contributed by atoms with Gasteiger partial charge in [0, 0.05) is 32.7 Å². The van der Waals surface area contributed by atoms with Crippen molar-refractivity contribution in [2.45, 2.75) is 19.9 Å². The molecule has 1 unspecified atom stereocenters. The van der Waals surface area contributed by atoms with E-state index >= 15 is 0 Å². The number of hydrogen-bond donors (Lipinski definition) is 2. The van der Waals surface area contributed by atoms with Crippen LogP contribution >= 0.6 is 23.5 Å². The molecule has 1 atom stereocenters. The molecule has 2 fully saturated rings. The van der Waals surface area contributed by atoms with E-state index < -0.39 is 12.1 Å². The molecule has 0 saturated carbocycles. The van der Waals surface area contributed by atoms with Crippen LogP contribution in [0.4, 0.5) is 10.5 Å². The van der Waals surface area contributed by atoms with Gasteiger partial charge in [-0.3, -0.25) is 14.5 Å². The molecule has 1 aromatic rings. The quantitative estimate of drug-likeness (QED) is 0.684. The first-order valence-electron chi connectivity index (χ1n) is 9.94. The number of halogens is 1. The van der Waals surface area contributed by atoms with Gasteiger partial charge in [0.1, 0.15) is 10.9 Å². The summed E-state index contributed by atoms with van der Waals surface area (Å²) in [7, 11) is 0. The zero-order chi connectivity index (χ0) is 21.4. The van der Waals surface area contributed by atoms with Crippen LogP contribution in [0.1, 0.15) is 13.8 Å². The van der Waals surface area contributed by atoms with Crippen LogP contribution in [0, 0.1) is 5.92 Å². The number of hydrogen-bond acceptors (Lipinski definition) is 6. The number of nitrogens with one attached hydrogen (secondary N) is 2. The van der Waals surface area contributed by atoms with Gasteiger partial charge in [0.15, 0.2) is 0 Å². The Kier molecular flexibility index (Phi) is 5.95. The second-order valence-corrected chi connectivity index (χ2v) is 9.15. The fraction of sp³-hybridized carbons (Fsp3) is 0.450. The van der Waals surface area contributed by atoms with E-state index in [9.17, 15) is 14.4 Å². The molecule has 0 radical (unpaired) electrons. The molecule has 0 aliphatic carbocycles. The van der Waals surface area contributed by atoms with E-state index in [0.29, 0.717) is 48.3 Å². The second kappa shape index (κ2) is 8.49. The predicted octanol–water partition coefficient (Wildman–Crippen LogP) is 2.03. The molecule has 2 saturated heterocycles. The number of amides is 4.